The Labute approximate surface area is 161 Å². The molecule has 2 aliphatic rings. The number of methoxy groups -OCH3 is 1. The Bertz CT molecular complexity index is 935. The van der Waals surface area contributed by atoms with Gasteiger partial charge in [-0.2, -0.15) is 0 Å². The van der Waals surface area contributed by atoms with E-state index in [-0.39, 0.29) is 5.91 Å². The Balaban J connectivity index is 1.74. The number of hydrogen-bond donors (Lipinski definition) is 3. The summed E-state index contributed by atoms with van der Waals surface area (Å²) in [6.45, 7) is 1.68. The minimum Gasteiger partial charge on any atom is -0.493 e. The van der Waals surface area contributed by atoms with Gasteiger partial charge in [-0.15, -0.1) is 0 Å². The lowest BCUT2D eigenvalue weighted by atomic mass is 9.79. The Hall–Kier alpha value is -2.93. The number of amides is 3. The predicted octanol–water partition coefficient (Wildman–Crippen LogP) is 3.07. The van der Waals surface area contributed by atoms with E-state index in [1.807, 2.05) is 6.07 Å². The van der Waals surface area contributed by atoms with Crippen LogP contribution in [0.3, 0.4) is 0 Å². The van der Waals surface area contributed by atoms with Gasteiger partial charge in [-0.3, -0.25) is 10.1 Å². The summed E-state index contributed by atoms with van der Waals surface area (Å²) in [5, 5.41) is 8.93. The van der Waals surface area contributed by atoms with Crippen LogP contribution in [-0.4, -0.2) is 24.8 Å². The van der Waals surface area contributed by atoms with Gasteiger partial charge in [-0.1, -0.05) is 29.8 Å². The smallest absolute Gasteiger partial charge is 0.318 e. The molecule has 7 nitrogen and oxygen atoms in total. The Kier molecular flexibility index (Phi) is 4.11. The maximum absolute atomic E-state index is 13.1. The van der Waals surface area contributed by atoms with Crippen LogP contribution in [0.4, 0.5) is 10.5 Å². The van der Waals surface area contributed by atoms with E-state index in [0.29, 0.717) is 27.8 Å². The highest BCUT2D eigenvalue weighted by Crippen LogP contribution is 2.48. The summed E-state index contributed by atoms with van der Waals surface area (Å²) in [6.07, 6.45) is 0. The number of hydrogen-bond acceptors (Lipinski definition) is 4. The number of anilines is 1. The van der Waals surface area contributed by atoms with Crippen molar-refractivity contribution in [3.63, 3.8) is 0 Å². The molecule has 140 valence electrons. The number of halogens is 1. The molecular formula is C19H18ClN3O4. The molecule has 2 bridgehead atoms. The highest BCUT2D eigenvalue weighted by atomic mass is 35.5. The van der Waals surface area contributed by atoms with Crippen LogP contribution >= 0.6 is 11.6 Å². The van der Waals surface area contributed by atoms with Gasteiger partial charge in [0.2, 0.25) is 5.91 Å². The Morgan fingerprint density at radius 2 is 2.07 bits per heavy atom. The third-order valence-corrected chi connectivity index (χ3v) is 5.06. The molecule has 0 aromatic heterocycles. The summed E-state index contributed by atoms with van der Waals surface area (Å²) in [4.78, 5) is 25.2. The normalized spacial score (nSPS) is 25.4. The molecule has 1 saturated heterocycles. The average Bonchev–Trinajstić information content (AvgIpc) is 2.60. The number of carbonyl (C=O) groups is 2. The third-order valence-electron chi connectivity index (χ3n) is 4.83. The van der Waals surface area contributed by atoms with Crippen molar-refractivity contribution in [2.45, 2.75) is 18.7 Å². The number of para-hydroxylation sites is 1. The van der Waals surface area contributed by atoms with Crippen LogP contribution < -0.4 is 25.4 Å². The van der Waals surface area contributed by atoms with Gasteiger partial charge in [0, 0.05) is 16.3 Å². The molecule has 0 saturated carbocycles. The van der Waals surface area contributed by atoms with Crippen molar-refractivity contribution < 1.29 is 19.1 Å². The number of urea groups is 1. The number of fused-ring (bicyclic) bond motifs is 4. The fourth-order valence-electron chi connectivity index (χ4n) is 3.68. The van der Waals surface area contributed by atoms with Crippen LogP contribution in [0.15, 0.2) is 42.5 Å². The van der Waals surface area contributed by atoms with E-state index >= 15 is 0 Å². The van der Waals surface area contributed by atoms with Gasteiger partial charge in [0.05, 0.1) is 13.2 Å². The highest BCUT2D eigenvalue weighted by molar-refractivity contribution is 6.30. The van der Waals surface area contributed by atoms with Crippen molar-refractivity contribution >= 4 is 29.2 Å². The molecule has 2 heterocycles. The highest BCUT2D eigenvalue weighted by Gasteiger charge is 2.56. The first-order chi connectivity index (χ1) is 12.9. The zero-order chi connectivity index (χ0) is 19.2. The molecule has 4 rings (SSSR count). The minimum absolute atomic E-state index is 0.300. The van der Waals surface area contributed by atoms with Crippen LogP contribution in [0, 0.1) is 5.92 Å². The van der Waals surface area contributed by atoms with Crippen molar-refractivity contribution in [2.24, 2.45) is 5.92 Å². The Morgan fingerprint density at radius 3 is 2.81 bits per heavy atom. The lowest BCUT2D eigenvalue weighted by Gasteiger charge is -2.49. The second kappa shape index (κ2) is 6.35. The molecule has 1 fully saturated rings. The molecule has 27 heavy (non-hydrogen) atoms. The topological polar surface area (TPSA) is 88.7 Å². The standard InChI is InChI=1S/C19H18ClN3O4/c1-19-14(17(24)21-11-6-3-5-10(20)9-11)15(22-18(25)23-19)12-7-4-8-13(26-2)16(12)27-19/h3-9,14-15H,1-2H3,(H,21,24)(H2,22,23,25)/t14-,15+,19-/m1/s1. The second-order valence-electron chi connectivity index (χ2n) is 6.64. The van der Waals surface area contributed by atoms with E-state index in [2.05, 4.69) is 16.0 Å². The molecular weight excluding hydrogens is 370 g/mol. The van der Waals surface area contributed by atoms with Crippen molar-refractivity contribution in [1.82, 2.24) is 10.6 Å². The first-order valence-corrected chi connectivity index (χ1v) is 8.80. The largest absolute Gasteiger partial charge is 0.493 e. The van der Waals surface area contributed by atoms with Crippen molar-refractivity contribution in [3.05, 3.63) is 53.1 Å². The van der Waals surface area contributed by atoms with E-state index < -0.39 is 23.7 Å². The molecule has 3 atom stereocenters. The summed E-state index contributed by atoms with van der Waals surface area (Å²) >= 11 is 6.00. The zero-order valence-electron chi connectivity index (χ0n) is 14.7. The maximum atomic E-state index is 13.1. The van der Waals surface area contributed by atoms with Gasteiger partial charge in [-0.25, -0.2) is 4.79 Å². The first-order valence-electron chi connectivity index (χ1n) is 8.42. The van der Waals surface area contributed by atoms with Gasteiger partial charge in [-0.05, 0) is 31.2 Å². The van der Waals surface area contributed by atoms with Crippen molar-refractivity contribution in [3.8, 4) is 11.5 Å². The zero-order valence-corrected chi connectivity index (χ0v) is 15.5. The van der Waals surface area contributed by atoms with E-state index in [1.165, 1.54) is 0 Å². The van der Waals surface area contributed by atoms with Crippen molar-refractivity contribution in [1.29, 1.82) is 0 Å². The quantitative estimate of drug-likeness (QED) is 0.755. The molecule has 2 aromatic carbocycles. The Morgan fingerprint density at radius 1 is 1.30 bits per heavy atom. The predicted molar refractivity (Wildman–Crippen MR) is 100 cm³/mol. The van der Waals surface area contributed by atoms with Crippen molar-refractivity contribution in [2.75, 3.05) is 12.4 Å². The number of carbonyl (C=O) groups excluding carboxylic acids is 2. The van der Waals surface area contributed by atoms with Gasteiger partial charge >= 0.3 is 6.03 Å². The molecule has 0 unspecified atom stereocenters. The minimum atomic E-state index is -1.24. The molecule has 3 N–H and O–H groups in total. The summed E-state index contributed by atoms with van der Waals surface area (Å²) in [5.41, 5.74) is 0.0157. The van der Waals surface area contributed by atoms with E-state index in [4.69, 9.17) is 21.1 Å². The number of nitrogens with one attached hydrogen (secondary N) is 3. The molecule has 3 amide bonds. The fraction of sp³-hybridized carbons (Fsp3) is 0.263. The maximum Gasteiger partial charge on any atom is 0.318 e. The summed E-state index contributed by atoms with van der Waals surface area (Å²) in [7, 11) is 1.54. The summed E-state index contributed by atoms with van der Waals surface area (Å²) < 4.78 is 11.5. The molecule has 8 heteroatoms. The number of ether oxygens (including phenoxy) is 2. The average molecular weight is 388 g/mol. The number of rotatable bonds is 3. The van der Waals surface area contributed by atoms with E-state index in [0.717, 1.165) is 0 Å². The summed E-state index contributed by atoms with van der Waals surface area (Å²) in [6, 6.07) is 11.3. The molecule has 0 radical (unpaired) electrons. The summed E-state index contributed by atoms with van der Waals surface area (Å²) in [5.74, 6) is 0.0294. The van der Waals surface area contributed by atoms with Gasteiger partial charge in [0.1, 0.15) is 5.92 Å². The second-order valence-corrected chi connectivity index (χ2v) is 7.08. The van der Waals surface area contributed by atoms with Crippen LogP contribution in [0.5, 0.6) is 11.5 Å². The van der Waals surface area contributed by atoms with Gasteiger partial charge < -0.3 is 20.1 Å². The molecule has 0 aliphatic carbocycles. The van der Waals surface area contributed by atoms with E-state index in [1.54, 1.807) is 50.4 Å². The molecule has 0 spiro atoms. The third kappa shape index (κ3) is 2.94. The fourth-order valence-corrected chi connectivity index (χ4v) is 3.87. The van der Waals surface area contributed by atoms with Crippen LogP contribution in [0.1, 0.15) is 18.5 Å². The van der Waals surface area contributed by atoms with Crippen LogP contribution in [-0.2, 0) is 4.79 Å². The van der Waals surface area contributed by atoms with Crippen LogP contribution in [0.25, 0.3) is 0 Å². The molecule has 2 aliphatic heterocycles. The van der Waals surface area contributed by atoms with E-state index in [9.17, 15) is 9.59 Å². The lowest BCUT2D eigenvalue weighted by Crippen LogP contribution is -2.70. The van der Waals surface area contributed by atoms with Gasteiger partial charge in [0.25, 0.3) is 0 Å². The van der Waals surface area contributed by atoms with Crippen LogP contribution in [0.2, 0.25) is 5.02 Å². The monoisotopic (exact) mass is 387 g/mol. The first kappa shape index (κ1) is 17.5. The molecule has 2 aromatic rings. The number of benzene rings is 2. The SMILES string of the molecule is COc1cccc2c1O[C@@]1(C)NC(=O)N[C@@H]2[C@@H]1C(=O)Nc1cccc(Cl)c1. The van der Waals surface area contributed by atoms with Gasteiger partial charge in [0.15, 0.2) is 17.2 Å². The lowest BCUT2D eigenvalue weighted by molar-refractivity contribution is -0.133.